The van der Waals surface area contributed by atoms with Gasteiger partial charge in [-0.05, 0) is 24.1 Å². The second-order valence-corrected chi connectivity index (χ2v) is 6.88. The number of nitrogens with zero attached hydrogens (tertiary/aromatic N) is 2. The van der Waals surface area contributed by atoms with Crippen molar-refractivity contribution in [2.24, 2.45) is 0 Å². The van der Waals surface area contributed by atoms with E-state index in [2.05, 4.69) is 20.6 Å². The second kappa shape index (κ2) is 7.86. The molecular formula is C19H22F2N4O. The molecule has 1 fully saturated rings. The normalized spacial score (nSPS) is 20.3. The lowest BCUT2D eigenvalue weighted by Crippen LogP contribution is -2.48. The van der Waals surface area contributed by atoms with Gasteiger partial charge < -0.3 is 10.6 Å². The minimum atomic E-state index is -0.656. The summed E-state index contributed by atoms with van der Waals surface area (Å²) in [5, 5.41) is 6.19. The molecule has 0 aliphatic carbocycles. The maximum absolute atomic E-state index is 13.6. The fourth-order valence-corrected chi connectivity index (χ4v) is 3.09. The Morgan fingerprint density at radius 2 is 1.85 bits per heavy atom. The van der Waals surface area contributed by atoms with Gasteiger partial charge in [-0.15, -0.1) is 0 Å². The topological polar surface area (TPSA) is 66.9 Å². The smallest absolute Gasteiger partial charge is 0.220 e. The lowest BCUT2D eigenvalue weighted by molar-refractivity contribution is -0.123. The first-order valence-electron chi connectivity index (χ1n) is 8.72. The highest BCUT2D eigenvalue weighted by Gasteiger charge is 2.30. The van der Waals surface area contributed by atoms with Gasteiger partial charge in [-0.25, -0.2) is 18.7 Å². The molecule has 5 nitrogen and oxygen atoms in total. The van der Waals surface area contributed by atoms with Crippen molar-refractivity contribution < 1.29 is 13.6 Å². The average molecular weight is 360 g/mol. The molecule has 2 N–H and O–H groups in total. The summed E-state index contributed by atoms with van der Waals surface area (Å²) in [7, 11) is 0. The number of halogens is 2. The van der Waals surface area contributed by atoms with Crippen molar-refractivity contribution in [2.45, 2.75) is 51.2 Å². The summed E-state index contributed by atoms with van der Waals surface area (Å²) in [5.41, 5.74) is 1.33. The predicted octanol–water partition coefficient (Wildman–Crippen LogP) is 2.99. The Morgan fingerprint density at radius 3 is 2.46 bits per heavy atom. The largest absolute Gasteiger partial charge is 0.348 e. The van der Waals surface area contributed by atoms with E-state index in [4.69, 9.17) is 0 Å². The van der Waals surface area contributed by atoms with E-state index >= 15 is 0 Å². The fraction of sp³-hybridized carbons (Fsp3) is 0.421. The van der Waals surface area contributed by atoms with Crippen LogP contribution in [-0.4, -0.2) is 21.9 Å². The Bertz CT molecular complexity index is 759. The molecule has 2 heterocycles. The van der Waals surface area contributed by atoms with Crippen molar-refractivity contribution in [1.82, 2.24) is 20.6 Å². The van der Waals surface area contributed by atoms with E-state index in [0.29, 0.717) is 24.9 Å². The molecule has 3 rings (SSSR count). The van der Waals surface area contributed by atoms with Crippen LogP contribution in [0.25, 0.3) is 0 Å². The highest BCUT2D eigenvalue weighted by Crippen LogP contribution is 2.26. The van der Waals surface area contributed by atoms with Crippen molar-refractivity contribution in [3.63, 3.8) is 0 Å². The van der Waals surface area contributed by atoms with Gasteiger partial charge in [-0.3, -0.25) is 4.79 Å². The molecule has 0 radical (unpaired) electrons. The third-order valence-electron chi connectivity index (χ3n) is 4.46. The van der Waals surface area contributed by atoms with Crippen LogP contribution in [0.1, 0.15) is 55.6 Å². The van der Waals surface area contributed by atoms with Crippen molar-refractivity contribution in [1.29, 1.82) is 0 Å². The van der Waals surface area contributed by atoms with Crippen LogP contribution in [0.15, 0.2) is 30.6 Å². The molecule has 2 atom stereocenters. The molecule has 0 spiro atoms. The lowest BCUT2D eigenvalue weighted by Gasteiger charge is -2.33. The van der Waals surface area contributed by atoms with Gasteiger partial charge in [0.2, 0.25) is 5.91 Å². The van der Waals surface area contributed by atoms with Gasteiger partial charge in [0.05, 0.1) is 6.04 Å². The molecular weight excluding hydrogens is 338 g/mol. The first-order chi connectivity index (χ1) is 12.4. The molecule has 26 heavy (non-hydrogen) atoms. The first kappa shape index (κ1) is 18.4. The number of nitrogens with one attached hydrogen (secondary N) is 2. The summed E-state index contributed by atoms with van der Waals surface area (Å²) in [4.78, 5) is 20.5. The Balaban J connectivity index is 1.72. The Kier molecular flexibility index (Phi) is 5.56. The van der Waals surface area contributed by atoms with Crippen LogP contribution in [-0.2, 0) is 11.3 Å². The monoisotopic (exact) mass is 360 g/mol. The molecule has 1 amide bonds. The van der Waals surface area contributed by atoms with Gasteiger partial charge >= 0.3 is 0 Å². The Morgan fingerprint density at radius 1 is 1.19 bits per heavy atom. The molecule has 0 unspecified atom stereocenters. The van der Waals surface area contributed by atoms with Crippen LogP contribution in [0.3, 0.4) is 0 Å². The second-order valence-electron chi connectivity index (χ2n) is 6.88. The lowest BCUT2D eigenvalue weighted by atomic mass is 9.91. The summed E-state index contributed by atoms with van der Waals surface area (Å²) in [5.74, 6) is -0.389. The van der Waals surface area contributed by atoms with Crippen molar-refractivity contribution >= 4 is 5.91 Å². The number of rotatable bonds is 5. The van der Waals surface area contributed by atoms with Crippen LogP contribution < -0.4 is 10.6 Å². The molecule has 1 aromatic carbocycles. The number of carbonyl (C=O) groups excluding carboxylic acids is 1. The van der Waals surface area contributed by atoms with Crippen molar-refractivity contribution in [3.05, 3.63) is 59.2 Å². The summed E-state index contributed by atoms with van der Waals surface area (Å²) in [6, 6.07) is 2.71. The molecule has 7 heteroatoms. The molecule has 2 aromatic rings. The standard InChI is InChI=1S/C19H22F2N4O/c1-11(2)19-23-9-12(10-24-19)8-22-16-3-4-17(26)25-18(16)13-5-14(20)7-15(21)6-13/h5-7,9-11,16,18,22H,3-4,8H2,1-2H3,(H,25,26)/t16-,18+/m1/s1. The summed E-state index contributed by atoms with van der Waals surface area (Å²) in [6.45, 7) is 4.56. The summed E-state index contributed by atoms with van der Waals surface area (Å²) < 4.78 is 27.1. The third kappa shape index (κ3) is 4.40. The van der Waals surface area contributed by atoms with E-state index in [1.54, 1.807) is 12.4 Å². The average Bonchev–Trinajstić information content (AvgIpc) is 2.60. The van der Waals surface area contributed by atoms with Crippen molar-refractivity contribution in [3.8, 4) is 0 Å². The molecule has 1 aromatic heterocycles. The van der Waals surface area contributed by atoms with E-state index in [0.717, 1.165) is 17.5 Å². The van der Waals surface area contributed by atoms with E-state index in [1.807, 2.05) is 13.8 Å². The molecule has 1 aliphatic rings. The molecule has 0 saturated carbocycles. The van der Waals surface area contributed by atoms with Gasteiger partial charge in [0.25, 0.3) is 0 Å². The number of benzene rings is 1. The minimum Gasteiger partial charge on any atom is -0.348 e. The minimum absolute atomic E-state index is 0.123. The van der Waals surface area contributed by atoms with Gasteiger partial charge in [0.15, 0.2) is 0 Å². The van der Waals surface area contributed by atoms with Gasteiger partial charge in [-0.1, -0.05) is 13.8 Å². The zero-order valence-electron chi connectivity index (χ0n) is 14.8. The quantitative estimate of drug-likeness (QED) is 0.860. The van der Waals surface area contributed by atoms with Crippen LogP contribution in [0, 0.1) is 11.6 Å². The van der Waals surface area contributed by atoms with E-state index in [9.17, 15) is 13.6 Å². The molecule has 138 valence electrons. The SMILES string of the molecule is CC(C)c1ncc(CN[C@@H]2CCC(=O)N[C@H]2c2cc(F)cc(F)c2)cn1. The fourth-order valence-electron chi connectivity index (χ4n) is 3.09. The summed E-state index contributed by atoms with van der Waals surface area (Å²) in [6.07, 6.45) is 4.50. The Labute approximate surface area is 151 Å². The zero-order chi connectivity index (χ0) is 18.7. The Hall–Kier alpha value is -2.41. The number of amides is 1. The van der Waals surface area contributed by atoms with Crippen LogP contribution in [0.4, 0.5) is 8.78 Å². The zero-order valence-corrected chi connectivity index (χ0v) is 14.8. The maximum Gasteiger partial charge on any atom is 0.220 e. The number of hydrogen-bond acceptors (Lipinski definition) is 4. The predicted molar refractivity (Wildman–Crippen MR) is 93.2 cm³/mol. The number of hydrogen-bond donors (Lipinski definition) is 2. The molecule has 0 bridgehead atoms. The summed E-state index contributed by atoms with van der Waals surface area (Å²) >= 11 is 0. The van der Waals surface area contributed by atoms with Gasteiger partial charge in [0.1, 0.15) is 17.5 Å². The van der Waals surface area contributed by atoms with Gasteiger partial charge in [0, 0.05) is 48.9 Å². The van der Waals surface area contributed by atoms with Crippen LogP contribution >= 0.6 is 0 Å². The van der Waals surface area contributed by atoms with Crippen molar-refractivity contribution in [2.75, 3.05) is 0 Å². The van der Waals surface area contributed by atoms with E-state index < -0.39 is 17.7 Å². The number of aromatic nitrogens is 2. The first-order valence-corrected chi connectivity index (χ1v) is 8.72. The van der Waals surface area contributed by atoms with Gasteiger partial charge in [-0.2, -0.15) is 0 Å². The van der Waals surface area contributed by atoms with E-state index in [-0.39, 0.29) is 17.9 Å². The number of piperidine rings is 1. The number of carbonyl (C=O) groups is 1. The highest BCUT2D eigenvalue weighted by atomic mass is 19.1. The highest BCUT2D eigenvalue weighted by molar-refractivity contribution is 5.77. The maximum atomic E-state index is 13.6. The molecule has 1 saturated heterocycles. The third-order valence-corrected chi connectivity index (χ3v) is 4.46. The molecule has 1 aliphatic heterocycles. The van der Waals surface area contributed by atoms with Crippen LogP contribution in [0.2, 0.25) is 0 Å². The van der Waals surface area contributed by atoms with Crippen LogP contribution in [0.5, 0.6) is 0 Å². The van der Waals surface area contributed by atoms with E-state index in [1.165, 1.54) is 12.1 Å².